The Morgan fingerprint density at radius 1 is 0.377 bits per heavy atom. The molecule has 0 aromatic heterocycles. The van der Waals surface area contributed by atoms with Crippen LogP contribution in [0.15, 0.2) is 91.0 Å². The van der Waals surface area contributed by atoms with E-state index in [-0.39, 0.29) is 14.9 Å². The van der Waals surface area contributed by atoms with E-state index in [1.165, 1.54) is 23.7 Å². The first kappa shape index (κ1) is 50.6. The van der Waals surface area contributed by atoms with Crippen molar-refractivity contribution >= 4 is 0 Å². The Morgan fingerprint density at radius 2 is 0.607 bits per heavy atom. The third kappa shape index (κ3) is 15.0. The second-order valence-electron chi connectivity index (χ2n) is 17.8. The highest BCUT2D eigenvalue weighted by Crippen LogP contribution is 2.62. The zero-order chi connectivity index (χ0) is 41.4. The maximum absolute atomic E-state index is 5.40. The molecule has 6 heteroatoms. The highest BCUT2D eigenvalue weighted by atomic mass is 16.6. The van der Waals surface area contributed by atoms with Gasteiger partial charge in [-0.25, -0.2) is 0 Å². The van der Waals surface area contributed by atoms with E-state index in [0.717, 1.165) is 72.6 Å². The van der Waals surface area contributed by atoms with Gasteiger partial charge in [0, 0.05) is 0 Å². The van der Waals surface area contributed by atoms with E-state index < -0.39 is 0 Å². The summed E-state index contributed by atoms with van der Waals surface area (Å²) in [7, 11) is 0. The van der Waals surface area contributed by atoms with Gasteiger partial charge in [-0.2, -0.15) is 0 Å². The van der Waals surface area contributed by atoms with E-state index >= 15 is 0 Å². The average Bonchev–Trinajstić information content (AvgIpc) is 4.26. The molecule has 0 spiro atoms. The van der Waals surface area contributed by atoms with Gasteiger partial charge in [-0.15, -0.1) is 0 Å². The topological polar surface area (TPSA) is 65.3 Å². The summed E-state index contributed by atoms with van der Waals surface area (Å²) in [5.74, 6) is 14.3. The van der Waals surface area contributed by atoms with Crippen LogP contribution in [0.5, 0.6) is 17.2 Å². The van der Waals surface area contributed by atoms with Crippen LogP contribution in [-0.2, 0) is 14.2 Å². The summed E-state index contributed by atoms with van der Waals surface area (Å²) in [5, 5.41) is 0. The van der Waals surface area contributed by atoms with Crippen LogP contribution in [-0.4, -0.2) is 58.0 Å². The van der Waals surface area contributed by atoms with Crippen LogP contribution in [0.25, 0.3) is 0 Å². The van der Waals surface area contributed by atoms with Crippen LogP contribution in [0.2, 0.25) is 0 Å². The van der Waals surface area contributed by atoms with Gasteiger partial charge in [0.2, 0.25) is 0 Å². The first-order chi connectivity index (χ1) is 29.1. The van der Waals surface area contributed by atoms with E-state index in [4.69, 9.17) is 28.4 Å². The molecule has 9 aliphatic rings. The average molecular weight is 843 g/mol. The third-order valence-electron chi connectivity index (χ3n) is 14.6. The molecule has 11 unspecified atom stereocenters. The van der Waals surface area contributed by atoms with Gasteiger partial charge in [0.25, 0.3) is 0 Å². The molecule has 342 valence electrons. The molecule has 4 bridgehead atoms. The van der Waals surface area contributed by atoms with Gasteiger partial charge >= 0.3 is 0 Å². The van der Waals surface area contributed by atoms with Crippen LogP contribution in [0, 0.1) is 59.2 Å². The van der Waals surface area contributed by atoms with Crippen molar-refractivity contribution in [3.63, 3.8) is 0 Å². The number of hydrogen-bond acceptors (Lipinski definition) is 6. The molecule has 3 saturated heterocycles. The summed E-state index contributed by atoms with van der Waals surface area (Å²) < 4.78 is 31.2. The molecule has 3 aliphatic heterocycles. The second kappa shape index (κ2) is 26.5. The number of rotatable bonds is 9. The Kier molecular flexibility index (Phi) is 22.0. The molecule has 6 aliphatic carbocycles. The smallest absolute Gasteiger partial charge is 0.119 e. The van der Waals surface area contributed by atoms with Crippen LogP contribution in [0.3, 0.4) is 0 Å². The SMILES string of the molecule is C.C.CC.CC.CC1C2CCC1C1CCCC21.CC1C2CCC1C1CCCC21.c1ccc(OCC2CO2)cc1.c1ccc(OCC2CO2)cc1.c1ccc(OCC2CO2)cc1. The molecule has 0 N–H and O–H groups in total. The molecule has 0 amide bonds. The summed E-state index contributed by atoms with van der Waals surface area (Å²) in [5.41, 5.74) is 0. The van der Waals surface area contributed by atoms with Gasteiger partial charge in [0.05, 0.1) is 19.8 Å². The lowest BCUT2D eigenvalue weighted by Crippen LogP contribution is -2.15. The fourth-order valence-corrected chi connectivity index (χ4v) is 11.6. The van der Waals surface area contributed by atoms with Gasteiger partial charge in [-0.05, 0) is 147 Å². The van der Waals surface area contributed by atoms with Crippen molar-refractivity contribution in [1.82, 2.24) is 0 Å². The predicted octanol–water partition coefficient (Wildman–Crippen LogP) is 13.9. The summed E-state index contributed by atoms with van der Waals surface area (Å²) in [6.45, 7) is 17.6. The molecule has 6 nitrogen and oxygen atoms in total. The Bertz CT molecular complexity index is 1320. The first-order valence-corrected chi connectivity index (χ1v) is 24.0. The van der Waals surface area contributed by atoms with Crippen LogP contribution in [0.4, 0.5) is 0 Å². The van der Waals surface area contributed by atoms with Gasteiger partial charge in [-0.1, -0.05) is 124 Å². The summed E-state index contributed by atoms with van der Waals surface area (Å²) in [4.78, 5) is 0. The van der Waals surface area contributed by atoms with Gasteiger partial charge in [0.1, 0.15) is 55.4 Å². The van der Waals surface area contributed by atoms with Crippen molar-refractivity contribution in [2.75, 3.05) is 39.6 Å². The van der Waals surface area contributed by atoms with E-state index in [1.807, 2.05) is 119 Å². The summed E-state index contributed by atoms with van der Waals surface area (Å²) in [6.07, 6.45) is 16.8. The third-order valence-corrected chi connectivity index (χ3v) is 14.6. The van der Waals surface area contributed by atoms with Crippen molar-refractivity contribution in [1.29, 1.82) is 0 Å². The minimum atomic E-state index is 0. The molecule has 61 heavy (non-hydrogen) atoms. The van der Waals surface area contributed by atoms with E-state index in [2.05, 4.69) is 13.8 Å². The molecule has 3 heterocycles. The molecule has 12 rings (SSSR count). The number of fused-ring (bicyclic) bond motifs is 10. The zero-order valence-corrected chi connectivity index (χ0v) is 37.4. The van der Waals surface area contributed by atoms with Crippen molar-refractivity contribution < 1.29 is 28.4 Å². The molecule has 6 saturated carbocycles. The van der Waals surface area contributed by atoms with Crippen LogP contribution >= 0.6 is 0 Å². The number of ether oxygens (including phenoxy) is 6. The van der Waals surface area contributed by atoms with Crippen molar-refractivity contribution in [3.05, 3.63) is 91.0 Å². The summed E-state index contributed by atoms with van der Waals surface area (Å²) >= 11 is 0. The molecular weight excluding hydrogens is 757 g/mol. The Morgan fingerprint density at radius 3 is 0.820 bits per heavy atom. The normalized spacial score (nSPS) is 33.4. The maximum Gasteiger partial charge on any atom is 0.119 e. The number of hydrogen-bond donors (Lipinski definition) is 0. The Labute approximate surface area is 373 Å². The highest BCUT2D eigenvalue weighted by Gasteiger charge is 2.54. The standard InChI is InChI=1S/2C11H18.3C9H10O2.2C2H6.2CH4/c2*1-7-8-5-6-9(7)11-4-2-3-10(8)11;3*1-2-4-8(5-3-1)10-6-9-7-11-9;2*1-2;;/h2*7-11H,2-6H2,1H3;3*1-5,9H,6-7H2;2*1-2H3;2*1H4. The van der Waals surface area contributed by atoms with Gasteiger partial charge in [0.15, 0.2) is 0 Å². The number of epoxide rings is 3. The molecular formula is C55H86O6. The molecule has 11 atom stereocenters. The number of para-hydroxylation sites is 3. The molecule has 3 aromatic rings. The Hall–Kier alpha value is -3.06. The van der Waals surface area contributed by atoms with E-state index in [1.54, 1.807) is 64.2 Å². The van der Waals surface area contributed by atoms with Crippen LogP contribution < -0.4 is 14.2 Å². The lowest BCUT2D eigenvalue weighted by atomic mass is 9.82. The highest BCUT2D eigenvalue weighted by molar-refractivity contribution is 5.22. The minimum Gasteiger partial charge on any atom is -0.491 e. The largest absolute Gasteiger partial charge is 0.491 e. The second-order valence-corrected chi connectivity index (χ2v) is 17.8. The zero-order valence-electron chi connectivity index (χ0n) is 37.4. The fraction of sp³-hybridized carbons (Fsp3) is 0.673. The fourth-order valence-electron chi connectivity index (χ4n) is 11.6. The quantitative estimate of drug-likeness (QED) is 0.200. The maximum atomic E-state index is 5.40. The van der Waals surface area contributed by atoms with Crippen LogP contribution in [0.1, 0.15) is 121 Å². The van der Waals surface area contributed by atoms with Crippen molar-refractivity contribution in [2.45, 2.75) is 139 Å². The van der Waals surface area contributed by atoms with Crippen molar-refractivity contribution in [2.24, 2.45) is 59.2 Å². The van der Waals surface area contributed by atoms with E-state index in [9.17, 15) is 0 Å². The van der Waals surface area contributed by atoms with Gasteiger partial charge < -0.3 is 28.4 Å². The molecule has 3 aromatic carbocycles. The van der Waals surface area contributed by atoms with Gasteiger partial charge in [-0.3, -0.25) is 0 Å². The predicted molar refractivity (Wildman–Crippen MR) is 254 cm³/mol. The van der Waals surface area contributed by atoms with Crippen molar-refractivity contribution in [3.8, 4) is 17.2 Å². The number of benzene rings is 3. The molecule has 9 fully saturated rings. The molecule has 0 radical (unpaired) electrons. The summed E-state index contributed by atoms with van der Waals surface area (Å²) in [6, 6.07) is 29.4. The minimum absolute atomic E-state index is 0. The van der Waals surface area contributed by atoms with E-state index in [0.29, 0.717) is 38.1 Å². The lowest BCUT2D eigenvalue weighted by molar-refractivity contribution is 0.259. The first-order valence-electron chi connectivity index (χ1n) is 24.0. The Balaban J connectivity index is 0.000000163. The monoisotopic (exact) mass is 843 g/mol. The lowest BCUT2D eigenvalue weighted by Gasteiger charge is -2.23.